The number of nitrogens with zero attached hydrogens (tertiary/aromatic N) is 1. The molecule has 7 nitrogen and oxygen atoms in total. The molecule has 1 aromatic rings. The molecule has 8 heteroatoms. The van der Waals surface area contributed by atoms with Gasteiger partial charge in [0.05, 0.1) is 17.9 Å². The molecule has 5 aliphatic rings. The van der Waals surface area contributed by atoms with Gasteiger partial charge in [-0.2, -0.15) is 0 Å². The summed E-state index contributed by atoms with van der Waals surface area (Å²) in [6, 6.07) is 6.18. The van der Waals surface area contributed by atoms with Crippen LogP contribution in [0, 0.1) is 29.6 Å². The molecule has 0 radical (unpaired) electrons. The predicted octanol–water partition coefficient (Wildman–Crippen LogP) is 4.95. The largest absolute Gasteiger partial charge is 0.359 e. The van der Waals surface area contributed by atoms with Gasteiger partial charge in [0.15, 0.2) is 0 Å². The molecule has 3 amide bonds. The normalized spacial score (nSPS) is 41.0. The second kappa shape index (κ2) is 10.2. The highest BCUT2D eigenvalue weighted by Crippen LogP contribution is 2.56. The number of fused-ring (bicyclic) bond motifs is 1. The van der Waals surface area contributed by atoms with E-state index in [2.05, 4.69) is 31.4 Å². The number of benzene rings is 1. The molecule has 2 saturated heterocycles. The molecule has 2 aliphatic carbocycles. The second-order valence-electron chi connectivity index (χ2n) is 12.7. The molecular weight excluding hydrogens is 514 g/mol. The van der Waals surface area contributed by atoms with Crippen molar-refractivity contribution in [1.82, 2.24) is 10.2 Å². The van der Waals surface area contributed by atoms with Crippen molar-refractivity contribution in [1.29, 1.82) is 0 Å². The molecule has 39 heavy (non-hydrogen) atoms. The lowest BCUT2D eigenvalue weighted by Crippen LogP contribution is -2.60. The second-order valence-corrected chi connectivity index (χ2v) is 13.1. The Hall–Kier alpha value is -2.38. The third-order valence-corrected chi connectivity index (χ3v) is 10.7. The van der Waals surface area contributed by atoms with E-state index in [0.29, 0.717) is 22.5 Å². The van der Waals surface area contributed by atoms with Gasteiger partial charge in [0.25, 0.3) is 0 Å². The van der Waals surface area contributed by atoms with Crippen LogP contribution in [0.4, 0.5) is 5.69 Å². The third kappa shape index (κ3) is 4.40. The highest BCUT2D eigenvalue weighted by molar-refractivity contribution is 6.30. The average molecular weight is 554 g/mol. The van der Waals surface area contributed by atoms with Gasteiger partial charge in [-0.05, 0) is 61.3 Å². The Morgan fingerprint density at radius 3 is 2.44 bits per heavy atom. The van der Waals surface area contributed by atoms with Crippen molar-refractivity contribution in [2.45, 2.75) is 95.5 Å². The summed E-state index contributed by atoms with van der Waals surface area (Å²) in [4.78, 5) is 44.2. The first-order valence-corrected chi connectivity index (χ1v) is 15.1. The summed E-state index contributed by atoms with van der Waals surface area (Å²) in [7, 11) is 0. The van der Waals surface area contributed by atoms with Gasteiger partial charge < -0.3 is 20.3 Å². The number of anilines is 1. The summed E-state index contributed by atoms with van der Waals surface area (Å²) in [6.07, 6.45) is 10.5. The Morgan fingerprint density at radius 2 is 1.69 bits per heavy atom. The highest BCUT2D eigenvalue weighted by Gasteiger charge is 2.73. The zero-order valence-corrected chi connectivity index (χ0v) is 23.8. The number of carbonyl (C=O) groups is 3. The summed E-state index contributed by atoms with van der Waals surface area (Å²) < 4.78 is 6.56. The quantitative estimate of drug-likeness (QED) is 0.505. The Balaban J connectivity index is 1.33. The van der Waals surface area contributed by atoms with E-state index in [-0.39, 0.29) is 35.7 Å². The smallest absolute Gasteiger partial charge is 0.246 e. The SMILES string of the molecule is CC1CCCC(NC(=O)C2N(C3CCCCC3C)C(=O)C3C(C(=O)Nc4ccc(Cl)cc4)C4C=CC32O4)C1C. The average Bonchev–Trinajstić information content (AvgIpc) is 3.56. The van der Waals surface area contributed by atoms with Crippen LogP contribution in [-0.2, 0) is 19.1 Å². The number of likely N-dealkylation sites (tertiary alicyclic amines) is 1. The third-order valence-electron chi connectivity index (χ3n) is 10.4. The minimum Gasteiger partial charge on any atom is -0.359 e. The molecule has 3 heterocycles. The zero-order valence-electron chi connectivity index (χ0n) is 23.1. The van der Waals surface area contributed by atoms with E-state index in [1.54, 1.807) is 24.3 Å². The molecule has 4 fully saturated rings. The van der Waals surface area contributed by atoms with Crippen LogP contribution >= 0.6 is 11.6 Å². The van der Waals surface area contributed by atoms with Crippen LogP contribution in [0.5, 0.6) is 0 Å². The fourth-order valence-electron chi connectivity index (χ4n) is 8.08. The Labute approximate surface area is 236 Å². The number of rotatable bonds is 5. The molecule has 1 aromatic carbocycles. The molecule has 10 unspecified atom stereocenters. The minimum absolute atomic E-state index is 0.0410. The van der Waals surface area contributed by atoms with Crippen molar-refractivity contribution in [3.63, 3.8) is 0 Å². The van der Waals surface area contributed by atoms with Crippen molar-refractivity contribution in [3.8, 4) is 0 Å². The Bertz CT molecular complexity index is 1170. The van der Waals surface area contributed by atoms with Gasteiger partial charge in [0.2, 0.25) is 17.7 Å². The lowest BCUT2D eigenvalue weighted by molar-refractivity contribution is -0.146. The van der Waals surface area contributed by atoms with Crippen molar-refractivity contribution < 1.29 is 19.1 Å². The maximum Gasteiger partial charge on any atom is 0.246 e. The summed E-state index contributed by atoms with van der Waals surface area (Å²) >= 11 is 6.02. The van der Waals surface area contributed by atoms with Crippen molar-refractivity contribution in [3.05, 3.63) is 41.4 Å². The van der Waals surface area contributed by atoms with Crippen molar-refractivity contribution in [2.24, 2.45) is 29.6 Å². The fraction of sp³-hybridized carbons (Fsp3) is 0.645. The summed E-state index contributed by atoms with van der Waals surface area (Å²) in [6.45, 7) is 6.65. The zero-order chi connectivity index (χ0) is 27.5. The van der Waals surface area contributed by atoms with Gasteiger partial charge in [-0.3, -0.25) is 14.4 Å². The minimum atomic E-state index is -1.13. The van der Waals surface area contributed by atoms with Crippen molar-refractivity contribution >= 4 is 35.0 Å². The van der Waals surface area contributed by atoms with E-state index >= 15 is 0 Å². The molecule has 210 valence electrons. The molecule has 2 N–H and O–H groups in total. The van der Waals surface area contributed by atoms with Crippen LogP contribution in [0.15, 0.2) is 36.4 Å². The number of hydrogen-bond acceptors (Lipinski definition) is 4. The number of amides is 3. The van der Waals surface area contributed by atoms with E-state index in [1.165, 1.54) is 6.42 Å². The first-order valence-electron chi connectivity index (χ1n) is 14.8. The van der Waals surface area contributed by atoms with Gasteiger partial charge in [0, 0.05) is 22.8 Å². The standard InChI is InChI=1S/C31H40ClN3O4/c1-17-8-6-9-22(19(17)3)34-29(37)27-31-16-15-24(39-31)25(28(36)33-21-13-11-20(32)12-14-21)26(31)30(38)35(27)23-10-5-4-7-18(23)2/h11-19,22-27H,4-10H2,1-3H3,(H,33,36)(H,34,37). The van der Waals surface area contributed by atoms with Crippen LogP contribution < -0.4 is 10.6 Å². The van der Waals surface area contributed by atoms with Gasteiger partial charge in [0.1, 0.15) is 11.6 Å². The Kier molecular flexibility index (Phi) is 7.03. The summed E-state index contributed by atoms with van der Waals surface area (Å²) in [5, 5.41) is 6.91. The number of ether oxygens (including phenoxy) is 1. The van der Waals surface area contributed by atoms with Crippen LogP contribution in [0.25, 0.3) is 0 Å². The van der Waals surface area contributed by atoms with Crippen LogP contribution in [0.3, 0.4) is 0 Å². The number of carbonyl (C=O) groups excluding carboxylic acids is 3. The molecule has 6 rings (SSSR count). The lowest BCUT2D eigenvalue weighted by Gasteiger charge is -2.42. The number of nitrogens with one attached hydrogen (secondary N) is 2. The van der Waals surface area contributed by atoms with E-state index in [4.69, 9.17) is 16.3 Å². The van der Waals surface area contributed by atoms with E-state index in [1.807, 2.05) is 17.1 Å². The van der Waals surface area contributed by atoms with Crippen LogP contribution in [-0.4, -0.2) is 52.5 Å². The molecular formula is C31H40ClN3O4. The van der Waals surface area contributed by atoms with E-state index in [9.17, 15) is 14.4 Å². The molecule has 10 atom stereocenters. The number of hydrogen-bond donors (Lipinski definition) is 2. The van der Waals surface area contributed by atoms with Gasteiger partial charge in [-0.25, -0.2) is 0 Å². The summed E-state index contributed by atoms with van der Waals surface area (Å²) in [5.74, 6) is -0.777. The maximum absolute atomic E-state index is 14.4. The van der Waals surface area contributed by atoms with Gasteiger partial charge in [-0.15, -0.1) is 0 Å². The van der Waals surface area contributed by atoms with E-state index in [0.717, 1.165) is 38.5 Å². The molecule has 0 aromatic heterocycles. The first-order chi connectivity index (χ1) is 18.7. The number of halogens is 1. The maximum atomic E-state index is 14.4. The molecule has 1 spiro atoms. The molecule has 2 saturated carbocycles. The van der Waals surface area contributed by atoms with Gasteiger partial charge in [-0.1, -0.05) is 70.2 Å². The van der Waals surface area contributed by atoms with Gasteiger partial charge >= 0.3 is 0 Å². The van der Waals surface area contributed by atoms with Crippen LogP contribution in [0.1, 0.15) is 65.7 Å². The highest BCUT2D eigenvalue weighted by atomic mass is 35.5. The summed E-state index contributed by atoms with van der Waals surface area (Å²) in [5.41, 5.74) is -0.516. The Morgan fingerprint density at radius 1 is 0.974 bits per heavy atom. The van der Waals surface area contributed by atoms with Crippen molar-refractivity contribution in [2.75, 3.05) is 5.32 Å². The van der Waals surface area contributed by atoms with E-state index < -0.39 is 29.6 Å². The molecule has 3 aliphatic heterocycles. The first kappa shape index (κ1) is 26.8. The van der Waals surface area contributed by atoms with Crippen LogP contribution in [0.2, 0.25) is 5.02 Å². The monoisotopic (exact) mass is 553 g/mol. The fourth-order valence-corrected chi connectivity index (χ4v) is 8.21. The predicted molar refractivity (Wildman–Crippen MR) is 150 cm³/mol. The molecule has 2 bridgehead atoms. The lowest BCUT2D eigenvalue weighted by atomic mass is 9.73. The topological polar surface area (TPSA) is 87.7 Å².